The molecule has 0 atom stereocenters. The summed E-state index contributed by atoms with van der Waals surface area (Å²) in [6, 6.07) is 8.60. The average molecular weight is 482 g/mol. The number of aromatic nitrogens is 5. The molecule has 36 heavy (non-hydrogen) atoms. The van der Waals surface area contributed by atoms with Gasteiger partial charge in [-0.15, -0.1) is 0 Å². The Balaban J connectivity index is 1.21. The monoisotopic (exact) mass is 481 g/mol. The van der Waals surface area contributed by atoms with E-state index >= 15 is 0 Å². The number of aromatic amines is 1. The molecule has 0 radical (unpaired) electrons. The van der Waals surface area contributed by atoms with Gasteiger partial charge in [0.2, 0.25) is 5.95 Å². The Kier molecular flexibility index (Phi) is 4.91. The Morgan fingerprint density at radius 1 is 1.00 bits per heavy atom. The summed E-state index contributed by atoms with van der Waals surface area (Å²) in [5, 5.41) is 0. The highest BCUT2D eigenvalue weighted by Gasteiger charge is 2.30. The third-order valence-corrected chi connectivity index (χ3v) is 7.86. The molecule has 0 bridgehead atoms. The number of hydrogen-bond acceptors (Lipinski definition) is 7. The van der Waals surface area contributed by atoms with Crippen LogP contribution < -0.4 is 14.5 Å². The minimum atomic E-state index is 0.272. The maximum atomic E-state index is 6.17. The van der Waals surface area contributed by atoms with Crippen molar-refractivity contribution >= 4 is 22.9 Å². The molecule has 8 nitrogen and oxygen atoms in total. The van der Waals surface area contributed by atoms with E-state index in [-0.39, 0.29) is 5.41 Å². The van der Waals surface area contributed by atoms with Gasteiger partial charge in [-0.2, -0.15) is 4.98 Å². The summed E-state index contributed by atoms with van der Waals surface area (Å²) in [6.45, 7) is 8.99. The molecular formula is C28H31N7O. The molecule has 3 aliphatic rings. The highest BCUT2D eigenvalue weighted by molar-refractivity contribution is 5.80. The average Bonchev–Trinajstić information content (AvgIpc) is 3.12. The molecule has 3 aromatic heterocycles. The van der Waals surface area contributed by atoms with Crippen LogP contribution in [0.4, 0.5) is 11.8 Å². The number of imidazole rings is 1. The largest absolute Gasteiger partial charge is 0.491 e. The van der Waals surface area contributed by atoms with Crippen LogP contribution in [0.2, 0.25) is 0 Å². The van der Waals surface area contributed by atoms with Gasteiger partial charge in [0.15, 0.2) is 5.65 Å². The number of anilines is 2. The number of ether oxygens (including phenoxy) is 1. The summed E-state index contributed by atoms with van der Waals surface area (Å²) in [5.74, 6) is 2.93. The van der Waals surface area contributed by atoms with Gasteiger partial charge in [0.25, 0.3) is 0 Å². The molecule has 5 heterocycles. The van der Waals surface area contributed by atoms with Crippen molar-refractivity contribution < 1.29 is 4.74 Å². The first-order valence-corrected chi connectivity index (χ1v) is 13.0. The molecule has 1 N–H and O–H groups in total. The molecule has 1 aliphatic carbocycles. The topological polar surface area (TPSA) is 83.1 Å². The Bertz CT molecular complexity index is 1460. The molecule has 0 spiro atoms. The number of nitrogens with zero attached hydrogens (tertiary/aromatic N) is 6. The number of H-pyrrole nitrogens is 1. The molecule has 2 aliphatic heterocycles. The number of aryl methyl sites for hydroxylation is 1. The van der Waals surface area contributed by atoms with E-state index < -0.39 is 0 Å². The highest BCUT2D eigenvalue weighted by atomic mass is 16.5. The van der Waals surface area contributed by atoms with Gasteiger partial charge in [-0.3, -0.25) is 0 Å². The Morgan fingerprint density at radius 3 is 2.78 bits per heavy atom. The van der Waals surface area contributed by atoms with E-state index in [2.05, 4.69) is 67.8 Å². The number of hydrogen-bond donors (Lipinski definition) is 1. The van der Waals surface area contributed by atoms with Crippen LogP contribution in [-0.2, 0) is 19.4 Å². The lowest BCUT2D eigenvalue weighted by Crippen LogP contribution is -2.37. The lowest BCUT2D eigenvalue weighted by molar-refractivity contribution is 0.310. The standard InChI is InChI=1S/C28H31N7O/c1-28(2)7-6-22-21(14-28)26(31-17-30-22)35-10-11-36-24-5-4-18(12-20(24)16-35)19-13-23-25(29-15-19)33-27(32-23)34-8-3-9-34/h4-5,12-13,15,17H,3,6-11,14,16H2,1-2H3,(H,29,32,33). The fraction of sp³-hybridized carbons (Fsp3) is 0.429. The number of pyridine rings is 1. The lowest BCUT2D eigenvalue weighted by Gasteiger charge is -2.33. The van der Waals surface area contributed by atoms with Crippen molar-refractivity contribution in [3.8, 4) is 16.9 Å². The first-order chi connectivity index (χ1) is 17.5. The van der Waals surface area contributed by atoms with Crippen molar-refractivity contribution in [1.82, 2.24) is 24.9 Å². The number of nitrogens with one attached hydrogen (secondary N) is 1. The predicted molar refractivity (Wildman–Crippen MR) is 141 cm³/mol. The molecule has 0 saturated carbocycles. The van der Waals surface area contributed by atoms with Gasteiger partial charge in [-0.05, 0) is 54.9 Å². The summed E-state index contributed by atoms with van der Waals surface area (Å²) < 4.78 is 6.17. The second kappa shape index (κ2) is 8.18. The fourth-order valence-corrected chi connectivity index (χ4v) is 5.61. The summed E-state index contributed by atoms with van der Waals surface area (Å²) in [4.78, 5) is 26.8. The van der Waals surface area contributed by atoms with Gasteiger partial charge in [-0.1, -0.05) is 19.9 Å². The van der Waals surface area contributed by atoms with E-state index in [0.717, 1.165) is 78.8 Å². The van der Waals surface area contributed by atoms with Gasteiger partial charge < -0.3 is 19.5 Å². The maximum Gasteiger partial charge on any atom is 0.205 e. The van der Waals surface area contributed by atoms with Crippen LogP contribution in [0.3, 0.4) is 0 Å². The van der Waals surface area contributed by atoms with Crippen LogP contribution >= 0.6 is 0 Å². The Hall–Kier alpha value is -3.68. The van der Waals surface area contributed by atoms with E-state index in [4.69, 9.17) is 9.72 Å². The SMILES string of the molecule is CC1(C)CCc2ncnc(N3CCOc4ccc(-c5cnc6nc(N7CCC7)[nH]c6c5)cc4C3)c2C1. The highest BCUT2D eigenvalue weighted by Crippen LogP contribution is 2.39. The van der Waals surface area contributed by atoms with Crippen molar-refractivity contribution in [3.05, 3.63) is 53.6 Å². The van der Waals surface area contributed by atoms with Gasteiger partial charge >= 0.3 is 0 Å². The Labute approximate surface area is 210 Å². The van der Waals surface area contributed by atoms with E-state index in [9.17, 15) is 0 Å². The van der Waals surface area contributed by atoms with Crippen molar-refractivity contribution in [2.24, 2.45) is 5.41 Å². The van der Waals surface area contributed by atoms with E-state index in [1.165, 1.54) is 29.7 Å². The zero-order valence-electron chi connectivity index (χ0n) is 20.9. The molecular weight excluding hydrogens is 450 g/mol. The lowest BCUT2D eigenvalue weighted by atomic mass is 9.76. The summed E-state index contributed by atoms with van der Waals surface area (Å²) in [7, 11) is 0. The molecule has 7 rings (SSSR count). The summed E-state index contributed by atoms with van der Waals surface area (Å²) >= 11 is 0. The predicted octanol–water partition coefficient (Wildman–Crippen LogP) is 4.54. The van der Waals surface area contributed by atoms with Gasteiger partial charge in [-0.25, -0.2) is 15.0 Å². The molecule has 8 heteroatoms. The smallest absolute Gasteiger partial charge is 0.205 e. The molecule has 4 aromatic rings. The quantitative estimate of drug-likeness (QED) is 0.460. The van der Waals surface area contributed by atoms with Crippen LogP contribution in [0.15, 0.2) is 36.8 Å². The zero-order valence-corrected chi connectivity index (χ0v) is 20.9. The first kappa shape index (κ1) is 21.6. The minimum Gasteiger partial charge on any atom is -0.491 e. The van der Waals surface area contributed by atoms with Gasteiger partial charge in [0.1, 0.15) is 24.5 Å². The molecule has 0 amide bonds. The minimum absolute atomic E-state index is 0.272. The fourth-order valence-electron chi connectivity index (χ4n) is 5.61. The zero-order chi connectivity index (χ0) is 24.3. The van der Waals surface area contributed by atoms with Crippen LogP contribution in [0.25, 0.3) is 22.3 Å². The van der Waals surface area contributed by atoms with Crippen molar-refractivity contribution in [1.29, 1.82) is 0 Å². The van der Waals surface area contributed by atoms with Gasteiger partial charge in [0, 0.05) is 48.2 Å². The second-order valence-corrected chi connectivity index (χ2v) is 11.1. The third-order valence-electron chi connectivity index (χ3n) is 7.86. The Morgan fingerprint density at radius 2 is 1.92 bits per heavy atom. The van der Waals surface area contributed by atoms with Crippen molar-refractivity contribution in [2.45, 2.75) is 46.1 Å². The molecule has 0 unspecified atom stereocenters. The first-order valence-electron chi connectivity index (χ1n) is 13.0. The third kappa shape index (κ3) is 3.75. The van der Waals surface area contributed by atoms with E-state index in [0.29, 0.717) is 6.61 Å². The number of benzene rings is 1. The van der Waals surface area contributed by atoms with Crippen LogP contribution in [0, 0.1) is 5.41 Å². The number of fused-ring (bicyclic) bond motifs is 3. The van der Waals surface area contributed by atoms with Crippen molar-refractivity contribution in [3.63, 3.8) is 0 Å². The normalized spacial score (nSPS) is 18.7. The summed E-state index contributed by atoms with van der Waals surface area (Å²) in [6.07, 6.45) is 8.07. The number of rotatable bonds is 3. The maximum absolute atomic E-state index is 6.17. The molecule has 1 fully saturated rings. The van der Waals surface area contributed by atoms with E-state index in [1.807, 2.05) is 6.20 Å². The van der Waals surface area contributed by atoms with Gasteiger partial charge in [0.05, 0.1) is 12.1 Å². The van der Waals surface area contributed by atoms with Crippen LogP contribution in [0.1, 0.15) is 43.5 Å². The molecule has 1 saturated heterocycles. The molecule has 1 aromatic carbocycles. The van der Waals surface area contributed by atoms with E-state index in [1.54, 1.807) is 6.33 Å². The van der Waals surface area contributed by atoms with Crippen LogP contribution in [-0.4, -0.2) is 51.2 Å². The second-order valence-electron chi connectivity index (χ2n) is 11.1. The molecule has 184 valence electrons. The summed E-state index contributed by atoms with van der Waals surface area (Å²) in [5.41, 5.74) is 7.88. The van der Waals surface area contributed by atoms with Crippen molar-refractivity contribution in [2.75, 3.05) is 36.0 Å². The van der Waals surface area contributed by atoms with Crippen LogP contribution in [0.5, 0.6) is 5.75 Å².